The van der Waals surface area contributed by atoms with E-state index >= 15 is 0 Å². The van der Waals surface area contributed by atoms with Gasteiger partial charge in [0.2, 0.25) is 78.3 Å². The van der Waals surface area contributed by atoms with E-state index in [4.69, 9.17) is 4.74 Å². The molecule has 13 amide bonds. The first kappa shape index (κ1) is 92.5. The molecule has 107 heavy (non-hydrogen) atoms. The van der Waals surface area contributed by atoms with Crippen LogP contribution in [0.4, 0.5) is 0 Å². The van der Waals surface area contributed by atoms with Crippen LogP contribution in [-0.4, -0.2) is 207 Å². The normalized spacial score (nSPS) is 14.2. The minimum absolute atomic E-state index is 0.0109. The largest absolute Gasteiger partial charge is 0.467 e. The van der Waals surface area contributed by atoms with E-state index in [-0.39, 0.29) is 114 Å². The van der Waals surface area contributed by atoms with Crippen LogP contribution in [0.3, 0.4) is 0 Å². The fourth-order valence-electron chi connectivity index (χ4n) is 11.6. The Bertz CT molecular complexity index is 3240. The summed E-state index contributed by atoms with van der Waals surface area (Å²) in [5.74, 6) is -5.78. The van der Waals surface area contributed by atoms with Gasteiger partial charge in [-0.1, -0.05) is 133 Å². The first-order valence-electron chi connectivity index (χ1n) is 36.6. The minimum atomic E-state index is -1.40. The zero-order chi connectivity index (χ0) is 79.1. The summed E-state index contributed by atoms with van der Waals surface area (Å²) in [4.78, 5) is 190. The van der Waals surface area contributed by atoms with E-state index < -0.39 is 132 Å². The Morgan fingerprint density at radius 1 is 0.327 bits per heavy atom. The lowest BCUT2D eigenvalue weighted by molar-refractivity contribution is -0.145. The maximum Gasteiger partial charge on any atom is 0.328 e. The molecule has 592 valence electrons. The molecular formula is C76H115N13O15S3. The molecule has 3 aromatic carbocycles. The van der Waals surface area contributed by atoms with Crippen molar-refractivity contribution in [3.05, 3.63) is 108 Å². The maximum atomic E-state index is 15.0. The van der Waals surface area contributed by atoms with Crippen LogP contribution in [0.5, 0.6) is 0 Å². The number of hydrogen-bond donors (Lipinski definition) is 13. The summed E-state index contributed by atoms with van der Waals surface area (Å²) in [5, 5.41) is 35.8. The lowest BCUT2D eigenvalue weighted by atomic mass is 10.00. The molecular weight excluding hydrogens is 1430 g/mol. The highest BCUT2D eigenvalue weighted by Gasteiger charge is 2.36. The van der Waals surface area contributed by atoms with Crippen molar-refractivity contribution in [2.45, 2.75) is 204 Å². The number of rotatable bonds is 56. The number of ether oxygens (including phenoxy) is 1. The summed E-state index contributed by atoms with van der Waals surface area (Å²) in [6.07, 6.45) is 9.16. The first-order valence-corrected chi connectivity index (χ1v) is 40.7. The van der Waals surface area contributed by atoms with E-state index in [1.165, 1.54) is 35.3 Å². The zero-order valence-corrected chi connectivity index (χ0v) is 65.9. The molecule has 0 radical (unpaired) electrons. The lowest BCUT2D eigenvalue weighted by Gasteiger charge is -2.28. The van der Waals surface area contributed by atoms with Crippen LogP contribution in [-0.2, 0) is 91.1 Å². The van der Waals surface area contributed by atoms with Gasteiger partial charge in [0.25, 0.3) is 0 Å². The van der Waals surface area contributed by atoms with Crippen molar-refractivity contribution in [3.8, 4) is 0 Å². The van der Waals surface area contributed by atoms with Gasteiger partial charge in [-0.25, -0.2) is 4.79 Å². The van der Waals surface area contributed by atoms with E-state index in [9.17, 15) is 67.1 Å². The van der Waals surface area contributed by atoms with Crippen molar-refractivity contribution >= 4 is 120 Å². The van der Waals surface area contributed by atoms with Gasteiger partial charge in [0.1, 0.15) is 66.5 Å². The first-order chi connectivity index (χ1) is 51.3. The monoisotopic (exact) mass is 1550 g/mol. The number of nitrogens with one attached hydrogen (secondary N) is 13. The van der Waals surface area contributed by atoms with Crippen LogP contribution < -0.4 is 69.1 Å². The van der Waals surface area contributed by atoms with Crippen molar-refractivity contribution in [2.24, 2.45) is 17.8 Å². The molecule has 31 heteroatoms. The second-order valence-electron chi connectivity index (χ2n) is 27.4. The summed E-state index contributed by atoms with van der Waals surface area (Å²) in [5.41, 5.74) is 2.08. The average Bonchev–Trinajstić information content (AvgIpc) is 0.891. The highest BCUT2D eigenvalue weighted by atomic mass is 32.2. The van der Waals surface area contributed by atoms with Gasteiger partial charge in [-0.3, -0.25) is 62.3 Å². The van der Waals surface area contributed by atoms with E-state index in [2.05, 4.69) is 69.1 Å². The number of carbonyl (C=O) groups excluding carboxylic acids is 14. The molecule has 0 aromatic heterocycles. The molecule has 0 aliphatic heterocycles. The Labute approximate surface area is 643 Å². The molecule has 11 atom stereocenters. The van der Waals surface area contributed by atoms with Gasteiger partial charge in [-0.2, -0.15) is 35.3 Å². The number of thioether (sulfide) groups is 3. The Hall–Kier alpha value is -8.71. The summed E-state index contributed by atoms with van der Waals surface area (Å²) >= 11 is 4.45. The predicted octanol–water partition coefficient (Wildman–Crippen LogP) is 3.08. The fraction of sp³-hybridized carbons (Fsp3) is 0.579. The quantitative estimate of drug-likeness (QED) is 0.0219. The number of hydrogen-bond acceptors (Lipinski definition) is 18. The molecule has 0 aliphatic rings. The maximum absolute atomic E-state index is 15.0. The van der Waals surface area contributed by atoms with E-state index in [0.717, 1.165) is 18.2 Å². The molecule has 0 bridgehead atoms. The second-order valence-corrected chi connectivity index (χ2v) is 30.4. The topological polar surface area (TPSA) is 405 Å². The van der Waals surface area contributed by atoms with Crippen molar-refractivity contribution in [1.82, 2.24) is 69.1 Å². The molecule has 3 aromatic rings. The minimum Gasteiger partial charge on any atom is -0.467 e. The van der Waals surface area contributed by atoms with Gasteiger partial charge in [-0.05, 0) is 148 Å². The van der Waals surface area contributed by atoms with Gasteiger partial charge >= 0.3 is 5.97 Å². The second kappa shape index (κ2) is 53.1. The van der Waals surface area contributed by atoms with Crippen LogP contribution in [0.1, 0.15) is 135 Å². The van der Waals surface area contributed by atoms with Gasteiger partial charge in [0.15, 0.2) is 0 Å². The van der Waals surface area contributed by atoms with Crippen LogP contribution in [0.25, 0.3) is 0 Å². The van der Waals surface area contributed by atoms with Crippen molar-refractivity contribution in [1.29, 1.82) is 0 Å². The molecule has 0 saturated carbocycles. The number of esters is 1. The van der Waals surface area contributed by atoms with Crippen LogP contribution in [0.2, 0.25) is 0 Å². The number of carbonyl (C=O) groups is 14. The highest BCUT2D eigenvalue weighted by Crippen LogP contribution is 2.16. The number of unbranched alkanes of at least 4 members (excludes halogenated alkanes) is 2. The molecule has 0 unspecified atom stereocenters. The molecule has 0 saturated heterocycles. The summed E-state index contributed by atoms with van der Waals surface area (Å²) in [6.45, 7) is 11.3. The molecule has 28 nitrogen and oxygen atoms in total. The molecule has 0 heterocycles. The van der Waals surface area contributed by atoms with Crippen molar-refractivity contribution < 1.29 is 71.9 Å². The molecule has 0 spiro atoms. The zero-order valence-electron chi connectivity index (χ0n) is 63.5. The van der Waals surface area contributed by atoms with E-state index in [0.29, 0.717) is 54.9 Å². The van der Waals surface area contributed by atoms with E-state index in [1.807, 2.05) is 66.4 Å². The van der Waals surface area contributed by atoms with Crippen molar-refractivity contribution in [3.63, 3.8) is 0 Å². The third-order valence-electron chi connectivity index (χ3n) is 17.2. The fourth-order valence-corrected chi connectivity index (χ4v) is 13.0. The van der Waals surface area contributed by atoms with Gasteiger partial charge in [0, 0.05) is 32.4 Å². The van der Waals surface area contributed by atoms with E-state index in [1.54, 1.807) is 84.9 Å². The Kier molecular flexibility index (Phi) is 45.9. The average molecular weight is 1550 g/mol. The molecule has 13 N–H and O–H groups in total. The number of benzene rings is 3. The SMILES string of the molecule is COC(=O)[C@H](CCCCNC(=O)[C@H](Cc1ccccc1)NC(=O)[C@H](CC(C)C)NC(=O)[C@H](CCSC)NC=O)NC(=O)[C@H](CCCCNC(=O)[C@H](Cc1ccccc1)NC(=O)[C@H](CC(C)C)NC(=O)[C@H](CCSC)NC=O)NC(=O)[C@H](Cc1ccccc1)NC(=O)[C@H](CC(C)C)NC(=O)[C@H](CCSC)NC=O. The van der Waals surface area contributed by atoms with Gasteiger partial charge < -0.3 is 73.9 Å². The number of methoxy groups -OCH3 is 1. The van der Waals surface area contributed by atoms with Crippen molar-refractivity contribution in [2.75, 3.05) is 56.2 Å². The Morgan fingerprint density at radius 3 is 0.869 bits per heavy atom. The summed E-state index contributed by atoms with van der Waals surface area (Å²) in [6, 6.07) is 14.4. The highest BCUT2D eigenvalue weighted by molar-refractivity contribution is 7.99. The Balaban J connectivity index is 1.98. The summed E-state index contributed by atoms with van der Waals surface area (Å²) < 4.78 is 5.17. The third-order valence-corrected chi connectivity index (χ3v) is 19.2. The third kappa shape index (κ3) is 37.1. The Morgan fingerprint density at radius 2 is 0.579 bits per heavy atom. The summed E-state index contributed by atoms with van der Waals surface area (Å²) in [7, 11) is 1.14. The van der Waals surface area contributed by atoms with Gasteiger partial charge in [-0.15, -0.1) is 0 Å². The standard InChI is InChI=1S/C76H115N13O15S3/c1-49(2)40-60(84-68(95)55(79-46-90)32-37-105-8)72(99)87-63(43-52-24-14-11-15-25-52)66(93)77-35-22-20-30-58(82-75(102)65(45-54-28-18-13-19-29-54)89-74(101)62(42-51(5)6)86-70(97)57(81-48-92)34-39-107-10)71(98)83-59(76(103)104-7)31-21-23-36-78-67(94)64(44-53-26-16-12-17-27-53)88-73(100)61(41-50(3)4)85-69(96)56(80-47-91)33-38-106-9/h11-19,24-29,46-51,55-65H,20-23,30-45H2,1-10H3,(H,77,93)(H,78,94)(H,79,90)(H,80,91)(H,81,92)(H,82,102)(H,83,98)(H,84,95)(H,85,96)(H,86,97)(H,87,99)(H,88,100)(H,89,101)/t55-,56-,57-,58-,59-,60-,61-,62-,63-,64-,65-/m0/s1. The molecule has 0 aliphatic carbocycles. The molecule has 0 fully saturated rings. The van der Waals surface area contributed by atoms with Gasteiger partial charge in [0.05, 0.1) is 7.11 Å². The predicted molar refractivity (Wildman–Crippen MR) is 418 cm³/mol. The van der Waals surface area contributed by atoms with Crippen LogP contribution in [0.15, 0.2) is 91.0 Å². The lowest BCUT2D eigenvalue weighted by Crippen LogP contribution is -2.59. The van der Waals surface area contributed by atoms with Crippen LogP contribution in [0, 0.1) is 17.8 Å². The number of amides is 13. The smallest absolute Gasteiger partial charge is 0.328 e. The molecule has 3 rings (SSSR count). The van der Waals surface area contributed by atoms with Crippen LogP contribution >= 0.6 is 35.3 Å².